The van der Waals surface area contributed by atoms with E-state index in [9.17, 15) is 5.11 Å². The van der Waals surface area contributed by atoms with Crippen molar-refractivity contribution >= 4 is 18.7 Å². The van der Waals surface area contributed by atoms with Crippen LogP contribution in [0.5, 0.6) is 0 Å². The molecule has 2 aromatic rings. The van der Waals surface area contributed by atoms with E-state index in [1.54, 1.807) is 0 Å². The van der Waals surface area contributed by atoms with E-state index in [0.29, 0.717) is 24.4 Å². The van der Waals surface area contributed by atoms with Crippen LogP contribution < -0.4 is 10.4 Å². The average molecular weight is 451 g/mol. The molecule has 1 aliphatic carbocycles. The Morgan fingerprint density at radius 1 is 1.00 bits per heavy atom. The molecule has 0 aromatic heterocycles. The van der Waals surface area contributed by atoms with Gasteiger partial charge in [-0.1, -0.05) is 121 Å². The quantitative estimate of drug-likeness (QED) is 0.418. The van der Waals surface area contributed by atoms with Crippen LogP contribution in [0.15, 0.2) is 72.8 Å². The van der Waals surface area contributed by atoms with Crippen LogP contribution in [0.2, 0.25) is 5.04 Å². The molecule has 0 radical (unpaired) electrons. The van der Waals surface area contributed by atoms with Gasteiger partial charge in [0.05, 0.1) is 12.2 Å². The van der Waals surface area contributed by atoms with Crippen molar-refractivity contribution in [1.82, 2.24) is 0 Å². The second-order valence-corrected chi connectivity index (χ2v) is 15.4. The second kappa shape index (κ2) is 10.1. The van der Waals surface area contributed by atoms with E-state index < -0.39 is 13.9 Å². The maximum Gasteiger partial charge on any atom is 0.261 e. The summed E-state index contributed by atoms with van der Waals surface area (Å²) < 4.78 is 6.97. The van der Waals surface area contributed by atoms with Crippen LogP contribution in [0.1, 0.15) is 60.8 Å². The van der Waals surface area contributed by atoms with Crippen LogP contribution >= 0.6 is 0 Å². The number of rotatable bonds is 7. The Morgan fingerprint density at radius 2 is 1.53 bits per heavy atom. The largest absolute Gasteiger partial charge is 0.404 e. The molecule has 1 N–H and O–H groups in total. The van der Waals surface area contributed by atoms with Crippen molar-refractivity contribution in [3.63, 3.8) is 0 Å². The van der Waals surface area contributed by atoms with Gasteiger partial charge in [0.2, 0.25) is 0 Å². The van der Waals surface area contributed by atoms with Crippen LogP contribution in [0.3, 0.4) is 0 Å². The molecule has 1 saturated carbocycles. The SMILES string of the molecule is CC(C)[C@@H]1CC[C@@H](C)C[C@@]1(O)/C=C/CO[Si](c1ccccc1)(c1ccccc1)C(C)(C)C. The van der Waals surface area contributed by atoms with Gasteiger partial charge in [0, 0.05) is 0 Å². The summed E-state index contributed by atoms with van der Waals surface area (Å²) in [6.45, 7) is 14.1. The molecule has 32 heavy (non-hydrogen) atoms. The lowest BCUT2D eigenvalue weighted by Crippen LogP contribution is -2.66. The number of benzene rings is 2. The average Bonchev–Trinajstić information content (AvgIpc) is 2.74. The lowest BCUT2D eigenvalue weighted by Gasteiger charge is -2.44. The zero-order valence-electron chi connectivity index (χ0n) is 20.8. The van der Waals surface area contributed by atoms with E-state index in [4.69, 9.17) is 4.43 Å². The first-order valence-electron chi connectivity index (χ1n) is 12.3. The molecule has 0 amide bonds. The number of hydrogen-bond donors (Lipinski definition) is 1. The lowest BCUT2D eigenvalue weighted by atomic mass is 9.67. The fourth-order valence-electron chi connectivity index (χ4n) is 5.81. The third-order valence-corrected chi connectivity index (χ3v) is 12.3. The van der Waals surface area contributed by atoms with Crippen LogP contribution in [-0.2, 0) is 4.43 Å². The van der Waals surface area contributed by atoms with Crippen molar-refractivity contribution < 1.29 is 9.53 Å². The van der Waals surface area contributed by atoms with E-state index >= 15 is 0 Å². The maximum absolute atomic E-state index is 11.6. The van der Waals surface area contributed by atoms with E-state index in [0.717, 1.165) is 12.8 Å². The Kier molecular flexibility index (Phi) is 7.85. The van der Waals surface area contributed by atoms with Gasteiger partial charge in [-0.05, 0) is 46.0 Å². The van der Waals surface area contributed by atoms with E-state index in [1.165, 1.54) is 16.8 Å². The predicted octanol–water partition coefficient (Wildman–Crippen LogP) is 5.94. The van der Waals surface area contributed by atoms with E-state index in [-0.39, 0.29) is 5.04 Å². The summed E-state index contributed by atoms with van der Waals surface area (Å²) in [6, 6.07) is 21.5. The molecule has 0 heterocycles. The Labute approximate surface area is 196 Å². The molecule has 3 rings (SSSR count). The first kappa shape index (κ1) is 24.9. The Bertz CT molecular complexity index is 830. The normalized spacial score (nSPS) is 24.9. The minimum atomic E-state index is -2.55. The summed E-state index contributed by atoms with van der Waals surface area (Å²) in [4.78, 5) is 0. The molecule has 1 aliphatic rings. The molecular weight excluding hydrogens is 408 g/mol. The van der Waals surface area contributed by atoms with Gasteiger partial charge in [0.25, 0.3) is 8.32 Å². The highest BCUT2D eigenvalue weighted by Crippen LogP contribution is 2.42. The van der Waals surface area contributed by atoms with Gasteiger partial charge < -0.3 is 9.53 Å². The molecule has 0 spiro atoms. The Balaban J connectivity index is 1.93. The minimum absolute atomic E-state index is 0.0414. The van der Waals surface area contributed by atoms with Crippen LogP contribution in [0, 0.1) is 17.8 Å². The van der Waals surface area contributed by atoms with Crippen molar-refractivity contribution in [1.29, 1.82) is 0 Å². The minimum Gasteiger partial charge on any atom is -0.404 e. The van der Waals surface area contributed by atoms with Crippen molar-refractivity contribution in [3.8, 4) is 0 Å². The van der Waals surface area contributed by atoms with Crippen molar-refractivity contribution in [2.24, 2.45) is 17.8 Å². The monoisotopic (exact) mass is 450 g/mol. The molecule has 0 aliphatic heterocycles. The first-order chi connectivity index (χ1) is 15.1. The number of hydrogen-bond acceptors (Lipinski definition) is 2. The molecular formula is C29H42O2Si. The molecule has 1 fully saturated rings. The molecule has 0 unspecified atom stereocenters. The standard InChI is InChI=1S/C29H42O2Si/c1-23(2)27-19-18-24(3)22-29(27,30)20-13-21-31-32(28(4,5)6,25-14-9-7-10-15-25)26-16-11-8-12-17-26/h7-17,20,23-24,27,30H,18-19,21-22H2,1-6H3/b20-13+/t24-,27+,29+/m1/s1. The molecule has 2 nitrogen and oxygen atoms in total. The molecule has 3 atom stereocenters. The molecule has 174 valence electrons. The Morgan fingerprint density at radius 3 is 2.00 bits per heavy atom. The molecule has 2 aromatic carbocycles. The van der Waals surface area contributed by atoms with Crippen LogP contribution in [0.25, 0.3) is 0 Å². The summed E-state index contributed by atoms with van der Waals surface area (Å²) in [7, 11) is -2.55. The van der Waals surface area contributed by atoms with Crippen molar-refractivity contribution in [2.75, 3.05) is 6.61 Å². The van der Waals surface area contributed by atoms with E-state index in [2.05, 4.69) is 114 Å². The highest BCUT2D eigenvalue weighted by atomic mass is 28.4. The third kappa shape index (κ3) is 5.11. The van der Waals surface area contributed by atoms with Crippen LogP contribution in [0.4, 0.5) is 0 Å². The lowest BCUT2D eigenvalue weighted by molar-refractivity contribution is -0.0410. The van der Waals surface area contributed by atoms with Gasteiger partial charge in [-0.25, -0.2) is 0 Å². The zero-order chi connectivity index (χ0) is 23.4. The van der Waals surface area contributed by atoms with Gasteiger partial charge in [-0.15, -0.1) is 0 Å². The van der Waals surface area contributed by atoms with Gasteiger partial charge in [0.1, 0.15) is 0 Å². The van der Waals surface area contributed by atoms with E-state index in [1.807, 2.05) is 0 Å². The highest BCUT2D eigenvalue weighted by Gasteiger charge is 2.50. The topological polar surface area (TPSA) is 29.5 Å². The fraction of sp³-hybridized carbons (Fsp3) is 0.517. The summed E-state index contributed by atoms with van der Waals surface area (Å²) in [5, 5.41) is 14.1. The zero-order valence-corrected chi connectivity index (χ0v) is 21.8. The summed E-state index contributed by atoms with van der Waals surface area (Å²) >= 11 is 0. The molecule has 0 bridgehead atoms. The van der Waals surface area contributed by atoms with Crippen molar-refractivity contribution in [3.05, 3.63) is 72.8 Å². The van der Waals surface area contributed by atoms with Gasteiger partial charge in [-0.3, -0.25) is 0 Å². The second-order valence-electron chi connectivity index (χ2n) is 11.1. The van der Waals surface area contributed by atoms with Gasteiger partial charge in [0.15, 0.2) is 0 Å². The first-order valence-corrected chi connectivity index (χ1v) is 14.2. The van der Waals surface area contributed by atoms with Gasteiger partial charge >= 0.3 is 0 Å². The Hall–Kier alpha value is -1.68. The molecule has 3 heteroatoms. The summed E-state index contributed by atoms with van der Waals surface area (Å²) in [6.07, 6.45) is 7.29. The highest BCUT2D eigenvalue weighted by molar-refractivity contribution is 6.99. The third-order valence-electron chi connectivity index (χ3n) is 7.31. The molecule has 0 saturated heterocycles. The van der Waals surface area contributed by atoms with Crippen molar-refractivity contribution in [2.45, 2.75) is 71.4 Å². The van der Waals surface area contributed by atoms with Gasteiger partial charge in [-0.2, -0.15) is 0 Å². The number of aliphatic hydroxyl groups is 1. The smallest absolute Gasteiger partial charge is 0.261 e. The predicted molar refractivity (Wildman–Crippen MR) is 139 cm³/mol. The maximum atomic E-state index is 11.6. The summed E-state index contributed by atoms with van der Waals surface area (Å²) in [5.74, 6) is 1.33. The fourth-order valence-corrected chi connectivity index (χ4v) is 10.3. The van der Waals surface area contributed by atoms with Crippen LogP contribution in [-0.4, -0.2) is 25.6 Å². The summed E-state index contributed by atoms with van der Waals surface area (Å²) in [5.41, 5.74) is -0.735.